The van der Waals surface area contributed by atoms with Gasteiger partial charge in [-0.2, -0.15) is 0 Å². The molecule has 0 fully saturated rings. The Bertz CT molecular complexity index is 1010. The number of benzene rings is 2. The van der Waals surface area contributed by atoms with Gasteiger partial charge in [-0.1, -0.05) is 60.7 Å². The van der Waals surface area contributed by atoms with Crippen molar-refractivity contribution in [2.24, 2.45) is 0 Å². The molecule has 2 aromatic heterocycles. The molecule has 0 aliphatic rings. The number of aromatic nitrogens is 1. The highest BCUT2D eigenvalue weighted by molar-refractivity contribution is 7.22. The van der Waals surface area contributed by atoms with Gasteiger partial charge in [0.15, 0.2) is 0 Å². The van der Waals surface area contributed by atoms with Crippen LogP contribution in [0.3, 0.4) is 0 Å². The molecular formula is C22H19NO2S. The highest BCUT2D eigenvalue weighted by Gasteiger charge is 2.21. The molecule has 3 nitrogen and oxygen atoms in total. The summed E-state index contributed by atoms with van der Waals surface area (Å²) in [6.07, 6.45) is 1.02. The summed E-state index contributed by atoms with van der Waals surface area (Å²) in [4.78, 5) is 5.67. The first-order valence-electron chi connectivity index (χ1n) is 8.47. The van der Waals surface area contributed by atoms with Crippen LogP contribution in [-0.2, 0) is 11.3 Å². The molecule has 0 aliphatic carbocycles. The summed E-state index contributed by atoms with van der Waals surface area (Å²) in [5.74, 6) is 0. The zero-order chi connectivity index (χ0) is 17.9. The molecule has 0 saturated carbocycles. The predicted octanol–water partition coefficient (Wildman–Crippen LogP) is 5.19. The Morgan fingerprint density at radius 3 is 2.38 bits per heavy atom. The number of hydrogen-bond acceptors (Lipinski definition) is 4. The average molecular weight is 361 g/mol. The number of pyridine rings is 1. The highest BCUT2D eigenvalue weighted by Crippen LogP contribution is 2.42. The lowest BCUT2D eigenvalue weighted by Gasteiger charge is -2.11. The van der Waals surface area contributed by atoms with Crippen molar-refractivity contribution in [2.75, 3.05) is 7.11 Å². The van der Waals surface area contributed by atoms with Gasteiger partial charge >= 0.3 is 0 Å². The number of hydrogen-bond donors (Lipinski definition) is 1. The van der Waals surface area contributed by atoms with Crippen LogP contribution in [0.5, 0.6) is 0 Å². The van der Waals surface area contributed by atoms with E-state index in [0.717, 1.165) is 31.7 Å². The molecule has 0 amide bonds. The van der Waals surface area contributed by atoms with Crippen LogP contribution >= 0.6 is 11.3 Å². The summed E-state index contributed by atoms with van der Waals surface area (Å²) in [6, 6.07) is 21.9. The third-order valence-electron chi connectivity index (χ3n) is 4.43. The second-order valence-electron chi connectivity index (χ2n) is 6.09. The Hall–Kier alpha value is -2.53. The Kier molecular flexibility index (Phi) is 4.80. The summed E-state index contributed by atoms with van der Waals surface area (Å²) in [5.41, 5.74) is 3.83. The standard InChI is InChI=1S/C22H19NO2S/c1-25-14-18-17-12-13-23-19(20(24)15-8-4-2-5-9-15)22(17)26-21(18)16-10-6-3-7-11-16/h2-13,20,24H,14H2,1H3. The first-order valence-corrected chi connectivity index (χ1v) is 9.29. The molecule has 4 rings (SSSR count). The molecule has 0 spiro atoms. The summed E-state index contributed by atoms with van der Waals surface area (Å²) < 4.78 is 6.47. The Labute approximate surface area is 156 Å². The van der Waals surface area contributed by atoms with E-state index in [9.17, 15) is 5.11 Å². The largest absolute Gasteiger partial charge is 0.382 e. The van der Waals surface area contributed by atoms with Crippen molar-refractivity contribution >= 4 is 21.4 Å². The van der Waals surface area contributed by atoms with E-state index in [1.54, 1.807) is 24.6 Å². The van der Waals surface area contributed by atoms with Crippen molar-refractivity contribution in [3.05, 3.63) is 89.7 Å². The monoisotopic (exact) mass is 361 g/mol. The molecule has 1 atom stereocenters. The van der Waals surface area contributed by atoms with Gasteiger partial charge in [-0.05, 0) is 17.2 Å². The number of fused-ring (bicyclic) bond motifs is 1. The zero-order valence-electron chi connectivity index (χ0n) is 14.4. The number of aliphatic hydroxyl groups excluding tert-OH is 1. The first kappa shape index (κ1) is 16.9. The third-order valence-corrected chi connectivity index (χ3v) is 5.75. The van der Waals surface area contributed by atoms with Crippen molar-refractivity contribution in [3.8, 4) is 10.4 Å². The maximum absolute atomic E-state index is 10.9. The summed E-state index contributed by atoms with van der Waals surface area (Å²) >= 11 is 1.66. The molecule has 1 N–H and O–H groups in total. The molecule has 4 aromatic rings. The quantitative estimate of drug-likeness (QED) is 0.532. The minimum absolute atomic E-state index is 0.523. The SMILES string of the molecule is COCc1c(-c2ccccc2)sc2c(C(O)c3ccccc3)nccc12. The van der Waals surface area contributed by atoms with Gasteiger partial charge in [0.05, 0.1) is 17.0 Å². The van der Waals surface area contributed by atoms with Crippen LogP contribution in [-0.4, -0.2) is 17.2 Å². The van der Waals surface area contributed by atoms with E-state index in [1.165, 1.54) is 0 Å². The second-order valence-corrected chi connectivity index (χ2v) is 7.12. The number of thiophene rings is 1. The molecule has 0 saturated heterocycles. The fourth-order valence-electron chi connectivity index (χ4n) is 3.19. The molecule has 0 bridgehead atoms. The summed E-state index contributed by atoms with van der Waals surface area (Å²) in [7, 11) is 1.71. The topological polar surface area (TPSA) is 42.4 Å². The maximum Gasteiger partial charge on any atom is 0.122 e. The van der Waals surface area contributed by atoms with Gasteiger partial charge in [-0.25, -0.2) is 0 Å². The van der Waals surface area contributed by atoms with Crippen LogP contribution in [0, 0.1) is 0 Å². The number of methoxy groups -OCH3 is 1. The fourth-order valence-corrected chi connectivity index (χ4v) is 4.51. The van der Waals surface area contributed by atoms with Crippen molar-refractivity contribution < 1.29 is 9.84 Å². The lowest BCUT2D eigenvalue weighted by atomic mass is 10.0. The van der Waals surface area contributed by atoms with Gasteiger partial charge in [0, 0.05) is 29.1 Å². The molecular weight excluding hydrogens is 342 g/mol. The normalized spacial score (nSPS) is 12.4. The first-order chi connectivity index (χ1) is 12.8. The molecule has 0 aliphatic heterocycles. The molecule has 26 heavy (non-hydrogen) atoms. The predicted molar refractivity (Wildman–Crippen MR) is 106 cm³/mol. The van der Waals surface area contributed by atoms with Gasteiger partial charge in [-0.3, -0.25) is 4.98 Å². The summed E-state index contributed by atoms with van der Waals surface area (Å²) in [5, 5.41) is 12.0. The van der Waals surface area contributed by atoms with E-state index in [4.69, 9.17) is 4.74 Å². The minimum Gasteiger partial charge on any atom is -0.382 e. The molecule has 0 radical (unpaired) electrons. The number of rotatable bonds is 5. The van der Waals surface area contributed by atoms with Crippen LogP contribution in [0.4, 0.5) is 0 Å². The van der Waals surface area contributed by atoms with E-state index < -0.39 is 6.10 Å². The van der Waals surface area contributed by atoms with Gasteiger partial charge in [0.25, 0.3) is 0 Å². The Morgan fingerprint density at radius 2 is 1.69 bits per heavy atom. The number of aliphatic hydroxyl groups is 1. The van der Waals surface area contributed by atoms with E-state index in [-0.39, 0.29) is 0 Å². The summed E-state index contributed by atoms with van der Waals surface area (Å²) in [6.45, 7) is 0.523. The van der Waals surface area contributed by atoms with Crippen LogP contribution < -0.4 is 0 Å². The molecule has 2 heterocycles. The van der Waals surface area contributed by atoms with Crippen LogP contribution in [0.15, 0.2) is 72.9 Å². The zero-order valence-corrected chi connectivity index (χ0v) is 15.2. The maximum atomic E-state index is 10.9. The lowest BCUT2D eigenvalue weighted by Crippen LogP contribution is -2.02. The molecule has 4 heteroatoms. The number of ether oxygens (including phenoxy) is 1. The highest BCUT2D eigenvalue weighted by atomic mass is 32.1. The Morgan fingerprint density at radius 1 is 1.00 bits per heavy atom. The average Bonchev–Trinajstić information content (AvgIpc) is 3.08. The third kappa shape index (κ3) is 3.03. The Balaban J connectivity index is 1.91. The van der Waals surface area contributed by atoms with Crippen molar-refractivity contribution in [3.63, 3.8) is 0 Å². The molecule has 130 valence electrons. The minimum atomic E-state index is -0.752. The van der Waals surface area contributed by atoms with E-state index in [2.05, 4.69) is 17.1 Å². The van der Waals surface area contributed by atoms with Crippen molar-refractivity contribution in [2.45, 2.75) is 12.7 Å². The van der Waals surface area contributed by atoms with Gasteiger partial charge in [0.2, 0.25) is 0 Å². The lowest BCUT2D eigenvalue weighted by molar-refractivity contribution is 0.186. The van der Waals surface area contributed by atoms with Gasteiger partial charge in [0.1, 0.15) is 6.10 Å². The van der Waals surface area contributed by atoms with E-state index in [0.29, 0.717) is 12.3 Å². The molecule has 1 unspecified atom stereocenters. The van der Waals surface area contributed by atoms with Crippen LogP contribution in [0.1, 0.15) is 22.9 Å². The van der Waals surface area contributed by atoms with Crippen molar-refractivity contribution in [1.29, 1.82) is 0 Å². The van der Waals surface area contributed by atoms with E-state index >= 15 is 0 Å². The van der Waals surface area contributed by atoms with Crippen LogP contribution in [0.2, 0.25) is 0 Å². The van der Waals surface area contributed by atoms with Gasteiger partial charge in [-0.15, -0.1) is 11.3 Å². The second kappa shape index (κ2) is 7.38. The smallest absolute Gasteiger partial charge is 0.122 e. The van der Waals surface area contributed by atoms with Crippen molar-refractivity contribution in [1.82, 2.24) is 4.98 Å². The fraction of sp³-hybridized carbons (Fsp3) is 0.136. The van der Waals surface area contributed by atoms with Gasteiger partial charge < -0.3 is 9.84 Å². The van der Waals surface area contributed by atoms with Crippen LogP contribution in [0.25, 0.3) is 20.5 Å². The van der Waals surface area contributed by atoms with E-state index in [1.807, 2.05) is 54.6 Å². The molecule has 2 aromatic carbocycles. The number of nitrogens with zero attached hydrogens (tertiary/aromatic N) is 1.